The summed E-state index contributed by atoms with van der Waals surface area (Å²) in [5.41, 5.74) is 0.0733. The van der Waals surface area contributed by atoms with E-state index in [1.807, 2.05) is 0 Å². The maximum absolute atomic E-state index is 11.3. The predicted octanol–water partition coefficient (Wildman–Crippen LogP) is 2.09. The van der Waals surface area contributed by atoms with Gasteiger partial charge in [0.1, 0.15) is 0 Å². The molecule has 1 fully saturated rings. The van der Waals surface area contributed by atoms with E-state index in [4.69, 9.17) is 0 Å². The molecule has 0 saturated carbocycles. The van der Waals surface area contributed by atoms with Gasteiger partial charge in [0.05, 0.1) is 6.10 Å². The number of aliphatic hydroxyl groups excluding tert-OH is 1. The third-order valence-electron chi connectivity index (χ3n) is 3.63. The highest BCUT2D eigenvalue weighted by Gasteiger charge is 2.38. The van der Waals surface area contributed by atoms with Crippen molar-refractivity contribution in [1.29, 1.82) is 0 Å². The van der Waals surface area contributed by atoms with Crippen LogP contribution in [-0.2, 0) is 10.8 Å². The molecular weight excluding hydrogens is 196 g/mol. The van der Waals surface area contributed by atoms with Crippen molar-refractivity contribution in [2.24, 2.45) is 5.41 Å². The van der Waals surface area contributed by atoms with Crippen LogP contribution in [0.4, 0.5) is 0 Å². The Hall–Kier alpha value is 0.110. The lowest BCUT2D eigenvalue weighted by Crippen LogP contribution is -2.40. The van der Waals surface area contributed by atoms with Crippen LogP contribution in [0, 0.1) is 5.41 Å². The van der Waals surface area contributed by atoms with Gasteiger partial charge in [-0.2, -0.15) is 0 Å². The Morgan fingerprint density at radius 1 is 1.36 bits per heavy atom. The van der Waals surface area contributed by atoms with E-state index in [0.717, 1.165) is 43.6 Å². The van der Waals surface area contributed by atoms with Gasteiger partial charge >= 0.3 is 0 Å². The normalized spacial score (nSPS) is 35.5. The van der Waals surface area contributed by atoms with Crippen molar-refractivity contribution in [2.75, 3.05) is 11.5 Å². The lowest BCUT2D eigenvalue weighted by Gasteiger charge is -2.40. The van der Waals surface area contributed by atoms with E-state index in [1.165, 1.54) is 0 Å². The summed E-state index contributed by atoms with van der Waals surface area (Å²) >= 11 is 0. The van der Waals surface area contributed by atoms with E-state index in [-0.39, 0.29) is 11.5 Å². The Labute approximate surface area is 89.6 Å². The summed E-state index contributed by atoms with van der Waals surface area (Å²) < 4.78 is 11.3. The topological polar surface area (TPSA) is 37.3 Å². The van der Waals surface area contributed by atoms with Gasteiger partial charge in [-0.15, -0.1) is 0 Å². The molecule has 0 aromatic heterocycles. The van der Waals surface area contributed by atoms with E-state index in [1.54, 1.807) is 0 Å². The third kappa shape index (κ3) is 2.57. The van der Waals surface area contributed by atoms with Crippen molar-refractivity contribution in [3.63, 3.8) is 0 Å². The molecule has 0 aromatic rings. The second-order valence-electron chi connectivity index (χ2n) is 4.37. The van der Waals surface area contributed by atoms with Crippen molar-refractivity contribution < 1.29 is 9.32 Å². The lowest BCUT2D eigenvalue weighted by atomic mass is 9.73. The van der Waals surface area contributed by atoms with Gasteiger partial charge in [0.2, 0.25) is 0 Å². The Balaban J connectivity index is 2.61. The molecule has 1 heterocycles. The predicted molar refractivity (Wildman–Crippen MR) is 60.7 cm³/mol. The molecule has 1 atom stereocenters. The van der Waals surface area contributed by atoms with Crippen molar-refractivity contribution >= 4 is 10.8 Å². The summed E-state index contributed by atoms with van der Waals surface area (Å²) in [6, 6.07) is 0. The molecule has 1 aliphatic rings. The molecule has 1 N–H and O–H groups in total. The molecule has 0 spiro atoms. The van der Waals surface area contributed by atoms with E-state index < -0.39 is 10.8 Å². The highest BCUT2D eigenvalue weighted by molar-refractivity contribution is 7.85. The maximum atomic E-state index is 11.3. The first-order valence-corrected chi connectivity index (χ1v) is 7.16. The van der Waals surface area contributed by atoms with Crippen LogP contribution in [0.3, 0.4) is 0 Å². The van der Waals surface area contributed by atoms with Gasteiger partial charge in [-0.3, -0.25) is 4.21 Å². The fourth-order valence-electron chi connectivity index (χ4n) is 2.36. The van der Waals surface area contributed by atoms with Gasteiger partial charge in [-0.25, -0.2) is 0 Å². The zero-order valence-corrected chi connectivity index (χ0v) is 10.1. The van der Waals surface area contributed by atoms with Gasteiger partial charge in [-0.05, 0) is 31.1 Å². The van der Waals surface area contributed by atoms with Gasteiger partial charge in [0.25, 0.3) is 0 Å². The summed E-state index contributed by atoms with van der Waals surface area (Å²) in [5, 5.41) is 10.1. The molecule has 1 unspecified atom stereocenters. The Bertz CT molecular complexity index is 193. The van der Waals surface area contributed by atoms with Gasteiger partial charge in [0.15, 0.2) is 0 Å². The molecule has 0 bridgehead atoms. The minimum atomic E-state index is -0.620. The number of rotatable bonds is 4. The van der Waals surface area contributed by atoms with Crippen LogP contribution in [0.1, 0.15) is 46.0 Å². The number of hydrogen-bond donors (Lipinski definition) is 1. The van der Waals surface area contributed by atoms with Crippen LogP contribution in [0.5, 0.6) is 0 Å². The monoisotopic (exact) mass is 218 g/mol. The second kappa shape index (κ2) is 5.26. The first-order valence-electron chi connectivity index (χ1n) is 5.67. The molecule has 3 heteroatoms. The Morgan fingerprint density at radius 2 is 1.93 bits per heavy atom. The molecule has 84 valence electrons. The summed E-state index contributed by atoms with van der Waals surface area (Å²) in [5.74, 6) is 1.57. The van der Waals surface area contributed by atoms with Crippen molar-refractivity contribution in [1.82, 2.24) is 0 Å². The van der Waals surface area contributed by atoms with Crippen LogP contribution in [0.15, 0.2) is 0 Å². The Kier molecular flexibility index (Phi) is 4.58. The zero-order valence-electron chi connectivity index (χ0n) is 9.29. The summed E-state index contributed by atoms with van der Waals surface area (Å²) in [7, 11) is -0.620. The summed E-state index contributed by atoms with van der Waals surface area (Å²) in [6.07, 6.45) is 4.64. The van der Waals surface area contributed by atoms with Crippen LogP contribution in [0.25, 0.3) is 0 Å². The molecule has 2 nitrogen and oxygen atoms in total. The largest absolute Gasteiger partial charge is 0.393 e. The minimum Gasteiger partial charge on any atom is -0.393 e. The van der Waals surface area contributed by atoms with Gasteiger partial charge in [-0.1, -0.05) is 20.3 Å². The fourth-order valence-corrected chi connectivity index (χ4v) is 3.84. The smallest absolute Gasteiger partial charge is 0.0596 e. The molecule has 0 aliphatic carbocycles. The molecule has 1 aliphatic heterocycles. The first-order chi connectivity index (χ1) is 6.64. The third-order valence-corrected chi connectivity index (χ3v) is 4.95. The van der Waals surface area contributed by atoms with E-state index >= 15 is 0 Å². The van der Waals surface area contributed by atoms with Crippen LogP contribution < -0.4 is 0 Å². The van der Waals surface area contributed by atoms with Crippen molar-refractivity contribution in [2.45, 2.75) is 52.1 Å². The quantitative estimate of drug-likeness (QED) is 0.784. The molecule has 0 amide bonds. The molecule has 1 rings (SSSR count). The highest BCUT2D eigenvalue weighted by Crippen LogP contribution is 2.39. The van der Waals surface area contributed by atoms with Crippen LogP contribution >= 0.6 is 0 Å². The minimum absolute atomic E-state index is 0.0733. The highest BCUT2D eigenvalue weighted by atomic mass is 32.2. The van der Waals surface area contributed by atoms with Gasteiger partial charge < -0.3 is 5.11 Å². The fraction of sp³-hybridized carbons (Fsp3) is 1.00. The standard InChI is InChI=1S/C11H22O2S/c1-3-5-10(12)11(4-2)6-8-14(13)9-7-11/h10,12H,3-9H2,1-2H3. The Morgan fingerprint density at radius 3 is 2.36 bits per heavy atom. The summed E-state index contributed by atoms with van der Waals surface area (Å²) in [4.78, 5) is 0. The van der Waals surface area contributed by atoms with Gasteiger partial charge in [0, 0.05) is 22.3 Å². The molecule has 1 saturated heterocycles. The molecule has 0 aromatic carbocycles. The van der Waals surface area contributed by atoms with E-state index in [0.29, 0.717) is 0 Å². The average molecular weight is 218 g/mol. The molecular formula is C11H22O2S. The number of aliphatic hydroxyl groups is 1. The van der Waals surface area contributed by atoms with Crippen LogP contribution in [-0.4, -0.2) is 26.9 Å². The summed E-state index contributed by atoms with van der Waals surface area (Å²) in [6.45, 7) is 4.25. The van der Waals surface area contributed by atoms with E-state index in [2.05, 4.69) is 13.8 Å². The van der Waals surface area contributed by atoms with E-state index in [9.17, 15) is 9.32 Å². The zero-order chi connectivity index (χ0) is 10.6. The first kappa shape index (κ1) is 12.2. The molecule has 0 radical (unpaired) electrons. The second-order valence-corrected chi connectivity index (χ2v) is 6.06. The van der Waals surface area contributed by atoms with Crippen LogP contribution in [0.2, 0.25) is 0 Å². The van der Waals surface area contributed by atoms with Crippen molar-refractivity contribution in [3.8, 4) is 0 Å². The average Bonchev–Trinajstić information content (AvgIpc) is 2.20. The lowest BCUT2D eigenvalue weighted by molar-refractivity contribution is 0.00702. The number of hydrogen-bond acceptors (Lipinski definition) is 2. The van der Waals surface area contributed by atoms with Crippen molar-refractivity contribution in [3.05, 3.63) is 0 Å². The molecule has 14 heavy (non-hydrogen) atoms. The maximum Gasteiger partial charge on any atom is 0.0596 e. The SMILES string of the molecule is CCCC(O)C1(CC)CCS(=O)CC1.